The second kappa shape index (κ2) is 10.5. The highest BCUT2D eigenvalue weighted by molar-refractivity contribution is 8.00. The van der Waals surface area contributed by atoms with Gasteiger partial charge in [0.1, 0.15) is 0 Å². The van der Waals surface area contributed by atoms with Gasteiger partial charge < -0.3 is 10.6 Å². The Morgan fingerprint density at radius 2 is 1.50 bits per heavy atom. The fourth-order valence-corrected chi connectivity index (χ4v) is 3.85. The van der Waals surface area contributed by atoms with Crippen LogP contribution in [0.25, 0.3) is 0 Å². The SMILES string of the molecule is CC(Sc1cccc(NC(=O)Cc2ccc(Cl)cc2)c1)C(=O)Nc1ccc(Cl)cc1. The van der Waals surface area contributed by atoms with E-state index in [1.165, 1.54) is 11.8 Å². The zero-order valence-electron chi connectivity index (χ0n) is 16.2. The van der Waals surface area contributed by atoms with E-state index in [1.54, 1.807) is 36.4 Å². The molecule has 3 rings (SSSR count). The van der Waals surface area contributed by atoms with Gasteiger partial charge in [-0.25, -0.2) is 0 Å². The van der Waals surface area contributed by atoms with Crippen LogP contribution in [-0.2, 0) is 16.0 Å². The molecule has 0 aliphatic carbocycles. The molecule has 1 atom stereocenters. The summed E-state index contributed by atoms with van der Waals surface area (Å²) in [5.41, 5.74) is 2.26. The van der Waals surface area contributed by atoms with Gasteiger partial charge in [-0.1, -0.05) is 41.4 Å². The molecular formula is C23H20Cl2N2O2S. The van der Waals surface area contributed by atoms with Crippen LogP contribution in [0.4, 0.5) is 11.4 Å². The van der Waals surface area contributed by atoms with Crippen LogP contribution >= 0.6 is 35.0 Å². The Bertz CT molecular complexity index is 1020. The zero-order valence-corrected chi connectivity index (χ0v) is 18.5. The number of benzene rings is 3. The summed E-state index contributed by atoms with van der Waals surface area (Å²) in [5, 5.41) is 6.70. The number of nitrogens with one attached hydrogen (secondary N) is 2. The number of rotatable bonds is 7. The number of amides is 2. The zero-order chi connectivity index (χ0) is 21.5. The maximum Gasteiger partial charge on any atom is 0.237 e. The Morgan fingerprint density at radius 3 is 2.17 bits per heavy atom. The fourth-order valence-electron chi connectivity index (χ4n) is 2.67. The lowest BCUT2D eigenvalue weighted by Crippen LogP contribution is -2.22. The molecule has 0 aliphatic rings. The first-order valence-corrected chi connectivity index (χ1v) is 10.9. The van der Waals surface area contributed by atoms with Gasteiger partial charge in [0.15, 0.2) is 0 Å². The van der Waals surface area contributed by atoms with E-state index in [1.807, 2.05) is 43.3 Å². The summed E-state index contributed by atoms with van der Waals surface area (Å²) >= 11 is 13.2. The predicted octanol–water partition coefficient (Wildman–Crippen LogP) is 6.29. The largest absolute Gasteiger partial charge is 0.326 e. The Hall–Kier alpha value is -2.47. The van der Waals surface area contributed by atoms with E-state index in [0.717, 1.165) is 10.5 Å². The first-order chi connectivity index (χ1) is 14.4. The predicted molar refractivity (Wildman–Crippen MR) is 126 cm³/mol. The highest BCUT2D eigenvalue weighted by atomic mass is 35.5. The lowest BCUT2D eigenvalue weighted by atomic mass is 10.1. The average molecular weight is 459 g/mol. The van der Waals surface area contributed by atoms with Gasteiger partial charge >= 0.3 is 0 Å². The van der Waals surface area contributed by atoms with E-state index in [9.17, 15) is 9.59 Å². The van der Waals surface area contributed by atoms with Crippen molar-refractivity contribution in [1.29, 1.82) is 0 Å². The minimum atomic E-state index is -0.319. The molecule has 30 heavy (non-hydrogen) atoms. The van der Waals surface area contributed by atoms with Crippen LogP contribution in [0.5, 0.6) is 0 Å². The minimum Gasteiger partial charge on any atom is -0.326 e. The Labute approximate surface area is 190 Å². The Kier molecular flexibility index (Phi) is 7.80. The van der Waals surface area contributed by atoms with Crippen molar-refractivity contribution in [3.63, 3.8) is 0 Å². The van der Waals surface area contributed by atoms with Gasteiger partial charge in [0.2, 0.25) is 11.8 Å². The van der Waals surface area contributed by atoms with Crippen LogP contribution in [0.1, 0.15) is 12.5 Å². The highest BCUT2D eigenvalue weighted by Crippen LogP contribution is 2.27. The number of anilines is 2. The molecule has 0 aromatic heterocycles. The third-order valence-corrected chi connectivity index (χ3v) is 5.79. The maximum atomic E-state index is 12.4. The molecule has 0 heterocycles. The van der Waals surface area contributed by atoms with E-state index in [4.69, 9.17) is 23.2 Å². The van der Waals surface area contributed by atoms with E-state index >= 15 is 0 Å². The van der Waals surface area contributed by atoms with Crippen molar-refractivity contribution in [2.24, 2.45) is 0 Å². The van der Waals surface area contributed by atoms with Gasteiger partial charge in [-0.05, 0) is 67.1 Å². The summed E-state index contributed by atoms with van der Waals surface area (Å²) in [6, 6.07) is 21.6. The molecule has 4 nitrogen and oxygen atoms in total. The quantitative estimate of drug-likeness (QED) is 0.408. The number of hydrogen-bond acceptors (Lipinski definition) is 3. The minimum absolute atomic E-state index is 0.112. The van der Waals surface area contributed by atoms with Gasteiger partial charge in [-0.3, -0.25) is 9.59 Å². The third-order valence-electron chi connectivity index (χ3n) is 4.19. The summed E-state index contributed by atoms with van der Waals surface area (Å²) in [6.45, 7) is 1.84. The van der Waals surface area contributed by atoms with Crippen molar-refractivity contribution in [2.75, 3.05) is 10.6 Å². The summed E-state index contributed by atoms with van der Waals surface area (Å²) in [5.74, 6) is -0.229. The number of hydrogen-bond donors (Lipinski definition) is 2. The molecule has 2 amide bonds. The molecular weight excluding hydrogens is 439 g/mol. The molecule has 0 fully saturated rings. The summed E-state index contributed by atoms with van der Waals surface area (Å²) in [6.07, 6.45) is 0.258. The summed E-state index contributed by atoms with van der Waals surface area (Å²) in [4.78, 5) is 25.6. The number of carbonyl (C=O) groups excluding carboxylic acids is 2. The first-order valence-electron chi connectivity index (χ1n) is 9.26. The van der Waals surface area contributed by atoms with Crippen LogP contribution in [0.3, 0.4) is 0 Å². The lowest BCUT2D eigenvalue weighted by Gasteiger charge is -2.13. The number of halogens is 2. The van der Waals surface area contributed by atoms with E-state index in [0.29, 0.717) is 21.4 Å². The highest BCUT2D eigenvalue weighted by Gasteiger charge is 2.15. The molecule has 0 aliphatic heterocycles. The molecule has 0 saturated heterocycles. The van der Waals surface area contributed by atoms with Crippen LogP contribution in [0.2, 0.25) is 10.0 Å². The molecule has 0 spiro atoms. The molecule has 2 N–H and O–H groups in total. The third kappa shape index (κ3) is 6.80. The Balaban J connectivity index is 1.56. The van der Waals surface area contributed by atoms with Crippen LogP contribution in [0, 0.1) is 0 Å². The van der Waals surface area contributed by atoms with E-state index < -0.39 is 0 Å². The van der Waals surface area contributed by atoms with Gasteiger partial charge in [0.25, 0.3) is 0 Å². The normalized spacial score (nSPS) is 11.6. The molecule has 3 aromatic carbocycles. The molecule has 1 unspecified atom stereocenters. The summed E-state index contributed by atoms with van der Waals surface area (Å²) in [7, 11) is 0. The summed E-state index contributed by atoms with van der Waals surface area (Å²) < 4.78 is 0. The molecule has 0 saturated carbocycles. The number of thioether (sulfide) groups is 1. The monoisotopic (exact) mass is 458 g/mol. The Morgan fingerprint density at radius 1 is 0.867 bits per heavy atom. The van der Waals surface area contributed by atoms with Crippen LogP contribution in [0.15, 0.2) is 77.7 Å². The molecule has 0 radical (unpaired) electrons. The van der Waals surface area contributed by atoms with Crippen molar-refractivity contribution in [3.8, 4) is 0 Å². The molecule has 154 valence electrons. The van der Waals surface area contributed by atoms with Crippen molar-refractivity contribution >= 4 is 58.2 Å². The van der Waals surface area contributed by atoms with E-state index in [2.05, 4.69) is 10.6 Å². The van der Waals surface area contributed by atoms with E-state index in [-0.39, 0.29) is 23.5 Å². The van der Waals surface area contributed by atoms with Crippen molar-refractivity contribution in [2.45, 2.75) is 23.5 Å². The van der Waals surface area contributed by atoms with Crippen molar-refractivity contribution in [1.82, 2.24) is 0 Å². The van der Waals surface area contributed by atoms with Gasteiger partial charge in [0.05, 0.1) is 11.7 Å². The maximum absolute atomic E-state index is 12.4. The standard InChI is InChI=1S/C23H20Cl2N2O2S/c1-15(23(29)27-19-11-9-18(25)10-12-19)30-21-4-2-3-20(14-21)26-22(28)13-16-5-7-17(24)8-6-16/h2-12,14-15H,13H2,1H3,(H,26,28)(H,27,29). The van der Waals surface area contributed by atoms with Crippen LogP contribution in [-0.4, -0.2) is 17.1 Å². The molecule has 0 bridgehead atoms. The van der Waals surface area contributed by atoms with Crippen molar-refractivity contribution in [3.05, 3.63) is 88.4 Å². The first kappa shape index (κ1) is 22.2. The van der Waals surface area contributed by atoms with Crippen molar-refractivity contribution < 1.29 is 9.59 Å². The van der Waals surface area contributed by atoms with Crippen LogP contribution < -0.4 is 10.6 Å². The van der Waals surface area contributed by atoms with Gasteiger partial charge in [-0.15, -0.1) is 11.8 Å². The second-order valence-corrected chi connectivity index (χ2v) is 8.92. The number of carbonyl (C=O) groups is 2. The van der Waals surface area contributed by atoms with Gasteiger partial charge in [-0.2, -0.15) is 0 Å². The molecule has 7 heteroatoms. The molecule has 3 aromatic rings. The topological polar surface area (TPSA) is 58.2 Å². The fraction of sp³-hybridized carbons (Fsp3) is 0.130. The second-order valence-electron chi connectivity index (χ2n) is 6.64. The average Bonchev–Trinajstić information content (AvgIpc) is 2.71. The lowest BCUT2D eigenvalue weighted by molar-refractivity contribution is -0.116. The van der Waals surface area contributed by atoms with Gasteiger partial charge in [0, 0.05) is 26.3 Å². The smallest absolute Gasteiger partial charge is 0.237 e.